The second kappa shape index (κ2) is 9.18. The Bertz CT molecular complexity index is 812. The van der Waals surface area contributed by atoms with Crippen LogP contribution in [-0.4, -0.2) is 21.6 Å². The monoisotopic (exact) mass is 422 g/mol. The second-order valence-electron chi connectivity index (χ2n) is 6.02. The van der Waals surface area contributed by atoms with Crippen LogP contribution in [0.25, 0.3) is 0 Å². The lowest BCUT2D eigenvalue weighted by Gasteiger charge is -2.14. The third kappa shape index (κ3) is 6.32. The molecule has 1 aromatic heterocycles. The molecule has 1 heterocycles. The summed E-state index contributed by atoms with van der Waals surface area (Å²) in [4.78, 5) is 13.9. The van der Waals surface area contributed by atoms with Gasteiger partial charge in [-0.25, -0.2) is 4.39 Å². The minimum absolute atomic E-state index is 0. The number of carbonyl (C=O) groups is 1. The summed E-state index contributed by atoms with van der Waals surface area (Å²) < 4.78 is 51.4. The van der Waals surface area contributed by atoms with E-state index >= 15 is 0 Å². The molecule has 3 rings (SSSR count). The van der Waals surface area contributed by atoms with Gasteiger partial charge in [0, 0.05) is 6.54 Å². The summed E-state index contributed by atoms with van der Waals surface area (Å²) in [6, 6.07) is 5.59. The van der Waals surface area contributed by atoms with Crippen LogP contribution in [0.2, 0.25) is 0 Å². The maximum absolute atomic E-state index is 13.0. The van der Waals surface area contributed by atoms with Crippen LogP contribution in [-0.2, 0) is 17.5 Å². The van der Waals surface area contributed by atoms with Crippen LogP contribution in [0.15, 0.2) is 36.5 Å². The zero-order valence-electron chi connectivity index (χ0n) is 14.5. The molecule has 28 heavy (non-hydrogen) atoms. The first kappa shape index (κ1) is 23.6. The standard InChI is InChI=1S/C13H11F4N3.C4H7NO2.ClH/c14-8-1-4-12(11(5-8)13(15,16)17)20-10-3-2-9(6-18)19-7-10;5-4(1-2-4)3(6)7;/h1-5,7,20H,6,18H2;1-2,5H2,(H,6,7);1H. The van der Waals surface area contributed by atoms with E-state index in [1.807, 2.05) is 0 Å². The number of carboxylic acid groups (broad SMARTS) is 1. The second-order valence-corrected chi connectivity index (χ2v) is 6.02. The maximum Gasteiger partial charge on any atom is 0.418 e. The van der Waals surface area contributed by atoms with Gasteiger partial charge in [-0.15, -0.1) is 12.4 Å². The number of aliphatic carboxylic acids is 1. The van der Waals surface area contributed by atoms with Crippen molar-refractivity contribution in [1.82, 2.24) is 4.98 Å². The van der Waals surface area contributed by atoms with Crippen molar-refractivity contribution in [2.45, 2.75) is 31.1 Å². The molecule has 1 aliphatic rings. The zero-order valence-corrected chi connectivity index (χ0v) is 15.3. The van der Waals surface area contributed by atoms with Crippen LogP contribution in [0.3, 0.4) is 0 Å². The molecule has 1 aliphatic carbocycles. The predicted molar refractivity (Wildman–Crippen MR) is 97.8 cm³/mol. The molecule has 6 nitrogen and oxygen atoms in total. The number of rotatable bonds is 4. The zero-order chi connectivity index (χ0) is 20.2. The highest BCUT2D eigenvalue weighted by atomic mass is 35.5. The van der Waals surface area contributed by atoms with Gasteiger partial charge in [0.25, 0.3) is 0 Å². The Balaban J connectivity index is 0.000000414. The Morgan fingerprint density at radius 2 is 1.89 bits per heavy atom. The summed E-state index contributed by atoms with van der Waals surface area (Å²) in [5.74, 6) is -1.81. The van der Waals surface area contributed by atoms with E-state index in [-0.39, 0.29) is 24.6 Å². The van der Waals surface area contributed by atoms with E-state index in [4.69, 9.17) is 16.6 Å². The smallest absolute Gasteiger partial charge is 0.418 e. The van der Waals surface area contributed by atoms with E-state index in [0.717, 1.165) is 12.1 Å². The molecule has 0 atom stereocenters. The van der Waals surface area contributed by atoms with Crippen molar-refractivity contribution in [2.24, 2.45) is 11.5 Å². The van der Waals surface area contributed by atoms with Crippen LogP contribution < -0.4 is 16.8 Å². The summed E-state index contributed by atoms with van der Waals surface area (Å²) >= 11 is 0. The molecule has 0 amide bonds. The highest BCUT2D eigenvalue weighted by molar-refractivity contribution is 5.85. The van der Waals surface area contributed by atoms with Crippen LogP contribution in [0.1, 0.15) is 24.1 Å². The van der Waals surface area contributed by atoms with Crippen LogP contribution >= 0.6 is 12.4 Å². The number of carboxylic acids is 1. The Hall–Kier alpha value is -2.43. The number of nitrogens with one attached hydrogen (secondary N) is 1. The quantitative estimate of drug-likeness (QED) is 0.561. The van der Waals surface area contributed by atoms with Gasteiger partial charge in [-0.3, -0.25) is 9.78 Å². The molecule has 1 saturated carbocycles. The highest BCUT2D eigenvalue weighted by Crippen LogP contribution is 2.36. The molecule has 1 fully saturated rings. The molecule has 2 aromatic rings. The number of pyridine rings is 1. The van der Waals surface area contributed by atoms with Crippen molar-refractivity contribution in [3.05, 3.63) is 53.6 Å². The van der Waals surface area contributed by atoms with Crippen LogP contribution in [0.4, 0.5) is 28.9 Å². The topological polar surface area (TPSA) is 114 Å². The van der Waals surface area contributed by atoms with Gasteiger partial charge < -0.3 is 21.9 Å². The third-order valence-corrected chi connectivity index (χ3v) is 3.81. The Morgan fingerprint density at radius 1 is 1.25 bits per heavy atom. The average molecular weight is 423 g/mol. The van der Waals surface area contributed by atoms with E-state index < -0.39 is 29.1 Å². The third-order valence-electron chi connectivity index (χ3n) is 3.81. The highest BCUT2D eigenvalue weighted by Gasteiger charge is 2.46. The Morgan fingerprint density at radius 3 is 2.29 bits per heavy atom. The molecule has 1 aromatic carbocycles. The summed E-state index contributed by atoms with van der Waals surface area (Å²) in [5.41, 5.74) is 9.41. The van der Waals surface area contributed by atoms with Gasteiger partial charge in [0.05, 0.1) is 28.8 Å². The molecule has 0 bridgehead atoms. The lowest BCUT2D eigenvalue weighted by atomic mass is 10.1. The number of alkyl halides is 3. The van der Waals surface area contributed by atoms with E-state index in [9.17, 15) is 22.4 Å². The first-order valence-electron chi connectivity index (χ1n) is 7.86. The molecule has 154 valence electrons. The lowest BCUT2D eigenvalue weighted by Crippen LogP contribution is -2.31. The average Bonchev–Trinajstić information content (AvgIpc) is 3.36. The van der Waals surface area contributed by atoms with E-state index in [2.05, 4.69) is 10.3 Å². The van der Waals surface area contributed by atoms with Crippen molar-refractivity contribution in [2.75, 3.05) is 5.32 Å². The van der Waals surface area contributed by atoms with Gasteiger partial charge >= 0.3 is 12.1 Å². The number of aromatic nitrogens is 1. The fourth-order valence-corrected chi connectivity index (χ4v) is 1.98. The molecular formula is C17H19ClF4N4O2. The first-order chi connectivity index (χ1) is 12.5. The van der Waals surface area contributed by atoms with Gasteiger partial charge in [0.2, 0.25) is 0 Å². The summed E-state index contributed by atoms with van der Waals surface area (Å²) in [5, 5.41) is 10.8. The molecule has 11 heteroatoms. The molecule has 0 unspecified atom stereocenters. The van der Waals surface area contributed by atoms with Crippen molar-refractivity contribution in [1.29, 1.82) is 0 Å². The fourth-order valence-electron chi connectivity index (χ4n) is 1.98. The van der Waals surface area contributed by atoms with Gasteiger partial charge in [0.15, 0.2) is 0 Å². The van der Waals surface area contributed by atoms with Gasteiger partial charge in [0.1, 0.15) is 11.4 Å². The van der Waals surface area contributed by atoms with E-state index in [0.29, 0.717) is 30.3 Å². The summed E-state index contributed by atoms with van der Waals surface area (Å²) in [7, 11) is 0. The van der Waals surface area contributed by atoms with Crippen molar-refractivity contribution in [3.63, 3.8) is 0 Å². The molecule has 0 saturated heterocycles. The molecule has 6 N–H and O–H groups in total. The van der Waals surface area contributed by atoms with Crippen molar-refractivity contribution >= 4 is 29.8 Å². The predicted octanol–water partition coefficient (Wildman–Crippen LogP) is 3.43. The van der Waals surface area contributed by atoms with Crippen molar-refractivity contribution < 1.29 is 27.5 Å². The molecular weight excluding hydrogens is 404 g/mol. The minimum Gasteiger partial charge on any atom is -0.480 e. The lowest BCUT2D eigenvalue weighted by molar-refractivity contribution is -0.139. The number of hydrogen-bond donors (Lipinski definition) is 4. The summed E-state index contributed by atoms with van der Waals surface area (Å²) in [6.07, 6.45) is -1.99. The first-order valence-corrected chi connectivity index (χ1v) is 7.86. The van der Waals surface area contributed by atoms with E-state index in [1.165, 1.54) is 6.20 Å². The maximum atomic E-state index is 13.0. The molecule has 0 radical (unpaired) electrons. The van der Waals surface area contributed by atoms with Crippen molar-refractivity contribution in [3.8, 4) is 0 Å². The Kier molecular flexibility index (Phi) is 7.74. The molecule has 0 spiro atoms. The number of anilines is 2. The van der Waals surface area contributed by atoms with E-state index in [1.54, 1.807) is 12.1 Å². The number of halogens is 5. The number of hydrogen-bond acceptors (Lipinski definition) is 5. The largest absolute Gasteiger partial charge is 0.480 e. The van der Waals surface area contributed by atoms with Gasteiger partial charge in [-0.2, -0.15) is 13.2 Å². The number of nitrogens with two attached hydrogens (primary N) is 2. The number of benzene rings is 1. The van der Waals surface area contributed by atoms with Gasteiger partial charge in [-0.1, -0.05) is 0 Å². The Labute approximate surface area is 164 Å². The fraction of sp³-hybridized carbons (Fsp3) is 0.294. The minimum atomic E-state index is -4.64. The molecule has 0 aliphatic heterocycles. The number of nitrogens with zero attached hydrogens (tertiary/aromatic N) is 1. The normalized spacial score (nSPS) is 14.2. The van der Waals surface area contributed by atoms with Gasteiger partial charge in [-0.05, 0) is 43.2 Å². The van der Waals surface area contributed by atoms with Crippen LogP contribution in [0.5, 0.6) is 0 Å². The SMILES string of the molecule is Cl.NC1(C(=O)O)CC1.NCc1ccc(Nc2ccc(F)cc2C(F)(F)F)cn1. The van der Waals surface area contributed by atoms with Crippen LogP contribution in [0, 0.1) is 5.82 Å². The summed E-state index contributed by atoms with van der Waals surface area (Å²) in [6.45, 7) is 0.241.